The number of rotatable bonds is 10. The highest BCUT2D eigenvalue weighted by atomic mass is 16.5. The summed E-state index contributed by atoms with van der Waals surface area (Å²) >= 11 is 0. The average molecular weight is 807 g/mol. The van der Waals surface area contributed by atoms with Crippen molar-refractivity contribution >= 4 is 57.5 Å². The molecule has 0 spiro atoms. The van der Waals surface area contributed by atoms with Crippen LogP contribution < -0.4 is 25.2 Å². The number of aromatic nitrogens is 3. The lowest BCUT2D eigenvalue weighted by atomic mass is 9.97. The van der Waals surface area contributed by atoms with Crippen LogP contribution in [0.1, 0.15) is 52.4 Å². The quantitative estimate of drug-likeness (QED) is 0.194. The van der Waals surface area contributed by atoms with Gasteiger partial charge in [0.25, 0.3) is 11.8 Å². The fourth-order valence-electron chi connectivity index (χ4n) is 9.65. The molecule has 306 valence electrons. The molecule has 6 aliphatic rings. The molecule has 1 atom stereocenters. The summed E-state index contributed by atoms with van der Waals surface area (Å²) in [5, 5.41) is 6.87. The van der Waals surface area contributed by atoms with Crippen LogP contribution in [-0.4, -0.2) is 130 Å². The number of methoxy groups -OCH3 is 1. The molecule has 15 nitrogen and oxygen atoms in total. The molecular formula is C45H46N10O5. The lowest BCUT2D eigenvalue weighted by Gasteiger charge is -2.55. The number of nitrogens with zero attached hydrogens (tertiary/aromatic N) is 8. The number of carbonyl (C=O) groups excluding carboxylic acids is 4. The molecule has 1 unspecified atom stereocenters. The van der Waals surface area contributed by atoms with Crippen molar-refractivity contribution in [3.63, 3.8) is 0 Å². The summed E-state index contributed by atoms with van der Waals surface area (Å²) in [7, 11) is 1.70. The minimum atomic E-state index is -0.962. The maximum Gasteiger partial charge on any atom is 0.262 e. The number of hydrogen-bond donors (Lipinski definition) is 2. The Balaban J connectivity index is 0.669. The second kappa shape index (κ2) is 14.4. The number of likely N-dealkylation sites (tertiary alicyclic amines) is 1. The second-order valence-corrected chi connectivity index (χ2v) is 16.8. The third kappa shape index (κ3) is 6.34. The predicted molar refractivity (Wildman–Crippen MR) is 226 cm³/mol. The number of para-hydroxylation sites is 1. The summed E-state index contributed by atoms with van der Waals surface area (Å²) in [6.07, 6.45) is 6.73. The second-order valence-electron chi connectivity index (χ2n) is 16.8. The first-order valence-corrected chi connectivity index (χ1v) is 21.0. The Hall–Kier alpha value is -6.32. The van der Waals surface area contributed by atoms with Crippen molar-refractivity contribution in [1.82, 2.24) is 34.6 Å². The lowest BCUT2D eigenvalue weighted by molar-refractivity contribution is -0.136. The van der Waals surface area contributed by atoms with Crippen molar-refractivity contribution in [2.45, 2.75) is 49.9 Å². The summed E-state index contributed by atoms with van der Waals surface area (Å²) in [6, 6.07) is 22.7. The number of anilines is 4. The van der Waals surface area contributed by atoms with Gasteiger partial charge in [0.2, 0.25) is 17.8 Å². The summed E-state index contributed by atoms with van der Waals surface area (Å²) in [5.41, 5.74) is 6.72. The highest BCUT2D eigenvalue weighted by Crippen LogP contribution is 2.41. The van der Waals surface area contributed by atoms with E-state index in [0.717, 1.165) is 91.3 Å². The maximum absolute atomic E-state index is 13.3. The van der Waals surface area contributed by atoms with Crippen molar-refractivity contribution in [3.8, 4) is 17.0 Å². The highest BCUT2D eigenvalue weighted by molar-refractivity contribution is 6.23. The van der Waals surface area contributed by atoms with Gasteiger partial charge in [-0.2, -0.15) is 0 Å². The molecule has 4 amide bonds. The van der Waals surface area contributed by atoms with Crippen LogP contribution in [0.4, 0.5) is 23.0 Å². The number of amides is 4. The number of piperidine rings is 1. The van der Waals surface area contributed by atoms with Crippen molar-refractivity contribution in [2.75, 3.05) is 74.6 Å². The Kier molecular flexibility index (Phi) is 8.85. The van der Waals surface area contributed by atoms with Crippen LogP contribution in [0, 0.1) is 0 Å². The van der Waals surface area contributed by atoms with Crippen molar-refractivity contribution in [3.05, 3.63) is 90.3 Å². The molecular weight excluding hydrogens is 761 g/mol. The number of carbonyl (C=O) groups is 4. The van der Waals surface area contributed by atoms with Gasteiger partial charge in [-0.15, -0.1) is 0 Å². The van der Waals surface area contributed by atoms with Crippen LogP contribution in [0.25, 0.3) is 22.2 Å². The molecule has 5 aliphatic heterocycles. The van der Waals surface area contributed by atoms with Gasteiger partial charge >= 0.3 is 0 Å². The van der Waals surface area contributed by atoms with Crippen molar-refractivity contribution < 1.29 is 23.9 Å². The molecule has 1 aliphatic carbocycles. The van der Waals surface area contributed by atoms with Crippen LogP contribution in [-0.2, 0) is 9.59 Å². The largest absolute Gasteiger partial charge is 0.494 e. The van der Waals surface area contributed by atoms with E-state index in [1.807, 2.05) is 18.3 Å². The van der Waals surface area contributed by atoms with Gasteiger partial charge in [0.05, 0.1) is 29.6 Å². The van der Waals surface area contributed by atoms with Gasteiger partial charge in [-0.3, -0.25) is 39.2 Å². The molecule has 0 radical (unpaired) electrons. The van der Waals surface area contributed by atoms with E-state index in [0.29, 0.717) is 35.2 Å². The van der Waals surface area contributed by atoms with Crippen LogP contribution in [0.15, 0.2) is 79.1 Å². The van der Waals surface area contributed by atoms with Gasteiger partial charge in [0.15, 0.2) is 0 Å². The van der Waals surface area contributed by atoms with Crippen LogP contribution in [0.2, 0.25) is 0 Å². The Bertz CT molecular complexity index is 2570. The Morgan fingerprint density at radius 1 is 0.733 bits per heavy atom. The van der Waals surface area contributed by atoms with E-state index in [-0.39, 0.29) is 18.7 Å². The van der Waals surface area contributed by atoms with E-state index in [1.165, 1.54) is 23.7 Å². The van der Waals surface area contributed by atoms with E-state index >= 15 is 0 Å². The number of piperazine rings is 1. The third-order valence-corrected chi connectivity index (χ3v) is 13.3. The normalized spacial score (nSPS) is 21.6. The fourth-order valence-corrected chi connectivity index (χ4v) is 9.65. The molecule has 11 rings (SSSR count). The molecule has 5 fully saturated rings. The molecule has 7 heterocycles. The van der Waals surface area contributed by atoms with E-state index in [4.69, 9.17) is 9.72 Å². The third-order valence-electron chi connectivity index (χ3n) is 13.3. The maximum atomic E-state index is 13.3. The molecule has 1 saturated carbocycles. The fraction of sp³-hybridized carbons (Fsp3) is 0.378. The van der Waals surface area contributed by atoms with Crippen LogP contribution in [0.3, 0.4) is 0 Å². The van der Waals surface area contributed by atoms with E-state index in [1.54, 1.807) is 19.2 Å². The average Bonchev–Trinajstić information content (AvgIpc) is 3.96. The topological polar surface area (TPSA) is 148 Å². The lowest BCUT2D eigenvalue weighted by Crippen LogP contribution is -2.71. The first kappa shape index (κ1) is 36.7. The molecule has 0 bridgehead atoms. The van der Waals surface area contributed by atoms with Gasteiger partial charge in [0, 0.05) is 123 Å². The number of ether oxygens (including phenoxy) is 1. The zero-order valence-corrected chi connectivity index (χ0v) is 33.4. The first-order valence-electron chi connectivity index (χ1n) is 21.0. The molecule has 4 saturated heterocycles. The van der Waals surface area contributed by atoms with Gasteiger partial charge in [-0.05, 0) is 61.7 Å². The van der Waals surface area contributed by atoms with E-state index in [9.17, 15) is 19.2 Å². The molecule has 3 aromatic carbocycles. The zero-order chi connectivity index (χ0) is 40.6. The predicted octanol–water partition coefficient (Wildman–Crippen LogP) is 4.28. The van der Waals surface area contributed by atoms with Gasteiger partial charge in [-0.25, -0.2) is 9.97 Å². The Morgan fingerprint density at radius 3 is 2.27 bits per heavy atom. The van der Waals surface area contributed by atoms with E-state index < -0.39 is 23.8 Å². The van der Waals surface area contributed by atoms with Gasteiger partial charge in [-0.1, -0.05) is 18.2 Å². The van der Waals surface area contributed by atoms with Crippen molar-refractivity contribution in [1.29, 1.82) is 0 Å². The van der Waals surface area contributed by atoms with Crippen LogP contribution in [0.5, 0.6) is 5.75 Å². The van der Waals surface area contributed by atoms with Crippen molar-refractivity contribution in [2.24, 2.45) is 0 Å². The number of nitrogens with one attached hydrogen (secondary N) is 2. The minimum absolute atomic E-state index is 0.100. The highest BCUT2D eigenvalue weighted by Gasteiger charge is 2.46. The van der Waals surface area contributed by atoms with E-state index in [2.05, 4.69) is 88.4 Å². The summed E-state index contributed by atoms with van der Waals surface area (Å²) in [4.78, 5) is 70.8. The molecule has 60 heavy (non-hydrogen) atoms. The zero-order valence-electron chi connectivity index (χ0n) is 33.4. The minimum Gasteiger partial charge on any atom is -0.494 e. The SMILES string of the molecule is COc1cc(N2CCN(C3CN(C4CN(c5ccc6c(c5)C(=O)N(C5CCC(=O)NC5=O)C6=O)C4)C3)CC2)ccc1Nc1nccc(-c2cn(C3CC3)c3ccccc23)n1. The van der Waals surface area contributed by atoms with Gasteiger partial charge in [0.1, 0.15) is 11.8 Å². The smallest absolute Gasteiger partial charge is 0.262 e. The summed E-state index contributed by atoms with van der Waals surface area (Å²) in [6.45, 7) is 7.64. The van der Waals surface area contributed by atoms with Gasteiger partial charge < -0.3 is 24.4 Å². The van der Waals surface area contributed by atoms with Crippen LogP contribution >= 0.6 is 0 Å². The number of benzene rings is 3. The molecule has 2 N–H and O–H groups in total. The number of imide groups is 2. The first-order chi connectivity index (χ1) is 29.3. The number of hydrogen-bond acceptors (Lipinski definition) is 12. The number of fused-ring (bicyclic) bond motifs is 2. The summed E-state index contributed by atoms with van der Waals surface area (Å²) < 4.78 is 8.26. The monoisotopic (exact) mass is 806 g/mol. The standard InChI is InChI=1S/C45H46N10O5/c1-60-40-21-29(9-11-37(40)48-45-46-15-14-36(47-45)35-26-54(27-6-7-27)38-5-3-2-4-32(35)38)50-16-18-51(19-17-50)30-22-53(23-30)31-24-52(25-31)28-8-10-33-34(20-28)44(59)55(43(33)58)39-12-13-41(56)49-42(39)57/h2-5,8-11,14-15,20-21,26-27,30-31,39H,6-7,12-13,16-19,22-25H2,1H3,(H,46,47,48)(H,49,56,57). The summed E-state index contributed by atoms with van der Waals surface area (Å²) in [5.74, 6) is -0.666. The molecule has 5 aromatic rings. The molecule has 15 heteroatoms. The molecule has 2 aromatic heterocycles. The Morgan fingerprint density at radius 2 is 1.48 bits per heavy atom. The Labute approximate surface area is 346 Å².